The van der Waals surface area contributed by atoms with Gasteiger partial charge < -0.3 is 20.3 Å². The molecule has 4 nitrogen and oxygen atoms in total. The molecule has 0 bridgehead atoms. The maximum atomic E-state index is 12.9. The number of thiocarbonyl (C=S) groups is 1. The minimum Gasteiger partial charge on any atom is -0.497 e. The van der Waals surface area contributed by atoms with E-state index in [9.17, 15) is 4.39 Å². The van der Waals surface area contributed by atoms with Crippen LogP contribution in [0.4, 0.5) is 4.39 Å². The molecule has 0 saturated carbocycles. The molecule has 2 rings (SSSR count). The molecule has 0 fully saturated rings. The molecule has 2 aromatic carbocycles. The highest BCUT2D eigenvalue weighted by Gasteiger charge is 2.18. The first-order chi connectivity index (χ1) is 12.0. The second-order valence-electron chi connectivity index (χ2n) is 6.10. The summed E-state index contributed by atoms with van der Waals surface area (Å²) in [6.45, 7) is 1.26. The lowest BCUT2D eigenvalue weighted by Crippen LogP contribution is -3.07. The van der Waals surface area contributed by atoms with Crippen LogP contribution in [0.2, 0.25) is 0 Å². The molecule has 0 radical (unpaired) electrons. The van der Waals surface area contributed by atoms with Crippen molar-refractivity contribution in [3.05, 3.63) is 65.5 Å². The summed E-state index contributed by atoms with van der Waals surface area (Å²) in [4.78, 5) is 1.29. The normalized spacial score (nSPS) is 11.9. The maximum absolute atomic E-state index is 12.9. The fraction of sp³-hybridized carbons (Fsp3) is 0.316. The lowest BCUT2D eigenvalue weighted by Gasteiger charge is -2.23. The zero-order chi connectivity index (χ0) is 18.2. The summed E-state index contributed by atoms with van der Waals surface area (Å²) in [6.07, 6.45) is 0. The monoisotopic (exact) mass is 362 g/mol. The highest BCUT2D eigenvalue weighted by molar-refractivity contribution is 7.80. The Balaban J connectivity index is 1.89. The largest absolute Gasteiger partial charge is 0.497 e. The van der Waals surface area contributed by atoms with E-state index in [0.29, 0.717) is 18.2 Å². The number of hydrogen-bond donors (Lipinski definition) is 3. The first kappa shape index (κ1) is 19.1. The third-order valence-corrected chi connectivity index (χ3v) is 4.31. The number of halogens is 1. The molecule has 134 valence electrons. The lowest BCUT2D eigenvalue weighted by atomic mass is 10.1. The van der Waals surface area contributed by atoms with Gasteiger partial charge in [0.15, 0.2) is 5.11 Å². The third-order valence-electron chi connectivity index (χ3n) is 4.03. The predicted molar refractivity (Wildman–Crippen MR) is 102 cm³/mol. The van der Waals surface area contributed by atoms with E-state index in [2.05, 4.69) is 30.8 Å². The molecule has 0 aromatic heterocycles. The van der Waals surface area contributed by atoms with E-state index in [0.717, 1.165) is 11.3 Å². The zero-order valence-electron chi connectivity index (χ0n) is 14.8. The molecular formula is C19H25FN3OS+. The van der Waals surface area contributed by atoms with Crippen LogP contribution >= 0.6 is 12.2 Å². The molecule has 0 spiro atoms. The van der Waals surface area contributed by atoms with Crippen molar-refractivity contribution in [1.82, 2.24) is 10.6 Å². The Bertz CT molecular complexity index is 691. The molecule has 2 aromatic rings. The Morgan fingerprint density at radius 2 is 1.88 bits per heavy atom. The summed E-state index contributed by atoms with van der Waals surface area (Å²) in [5.74, 6) is 0.611. The van der Waals surface area contributed by atoms with Gasteiger partial charge in [-0.15, -0.1) is 0 Å². The van der Waals surface area contributed by atoms with Crippen molar-refractivity contribution in [2.75, 3.05) is 27.7 Å². The number of nitrogens with one attached hydrogen (secondary N) is 3. The number of rotatable bonds is 7. The number of benzene rings is 2. The van der Waals surface area contributed by atoms with Crippen LogP contribution in [-0.4, -0.2) is 32.9 Å². The molecule has 0 aliphatic rings. The van der Waals surface area contributed by atoms with Gasteiger partial charge >= 0.3 is 0 Å². The highest BCUT2D eigenvalue weighted by atomic mass is 32.1. The Morgan fingerprint density at radius 1 is 1.16 bits per heavy atom. The predicted octanol–water partition coefficient (Wildman–Crippen LogP) is 1.68. The van der Waals surface area contributed by atoms with Crippen molar-refractivity contribution in [2.45, 2.75) is 12.6 Å². The number of quaternary nitrogens is 1. The van der Waals surface area contributed by atoms with Gasteiger partial charge in [0.2, 0.25) is 0 Å². The molecule has 0 saturated heterocycles. The van der Waals surface area contributed by atoms with Crippen LogP contribution in [0.5, 0.6) is 5.75 Å². The first-order valence-electron chi connectivity index (χ1n) is 8.19. The van der Waals surface area contributed by atoms with Gasteiger partial charge in [0.05, 0.1) is 27.7 Å². The van der Waals surface area contributed by atoms with Gasteiger partial charge in [-0.3, -0.25) is 0 Å². The molecule has 0 aliphatic carbocycles. The second kappa shape index (κ2) is 9.34. The van der Waals surface area contributed by atoms with Crippen LogP contribution in [0.1, 0.15) is 17.2 Å². The molecule has 0 unspecified atom stereocenters. The van der Waals surface area contributed by atoms with Crippen molar-refractivity contribution >= 4 is 17.3 Å². The molecule has 6 heteroatoms. The van der Waals surface area contributed by atoms with Crippen LogP contribution in [0.3, 0.4) is 0 Å². The Hall–Kier alpha value is -2.18. The zero-order valence-corrected chi connectivity index (χ0v) is 15.6. The smallest absolute Gasteiger partial charge is 0.166 e. The summed E-state index contributed by atoms with van der Waals surface area (Å²) in [5, 5.41) is 7.00. The third kappa shape index (κ3) is 5.99. The van der Waals surface area contributed by atoms with E-state index < -0.39 is 0 Å². The van der Waals surface area contributed by atoms with Crippen LogP contribution < -0.4 is 20.3 Å². The minimum atomic E-state index is -0.237. The Labute approximate surface area is 154 Å². The van der Waals surface area contributed by atoms with Gasteiger partial charge in [-0.05, 0) is 42.0 Å². The second-order valence-corrected chi connectivity index (χ2v) is 6.50. The first-order valence-corrected chi connectivity index (χ1v) is 8.60. The van der Waals surface area contributed by atoms with Gasteiger partial charge in [0.25, 0.3) is 0 Å². The van der Waals surface area contributed by atoms with Gasteiger partial charge in [0.1, 0.15) is 17.6 Å². The quantitative estimate of drug-likeness (QED) is 0.656. The average molecular weight is 362 g/mol. The van der Waals surface area contributed by atoms with Crippen molar-refractivity contribution in [1.29, 1.82) is 0 Å². The number of methoxy groups -OCH3 is 1. The van der Waals surface area contributed by atoms with Crippen LogP contribution in [0.15, 0.2) is 48.5 Å². The molecule has 25 heavy (non-hydrogen) atoms. The summed E-state index contributed by atoms with van der Waals surface area (Å²) in [7, 11) is 5.89. The summed E-state index contributed by atoms with van der Waals surface area (Å²) in [5.41, 5.74) is 2.17. The van der Waals surface area contributed by atoms with Gasteiger partial charge in [0, 0.05) is 12.1 Å². The van der Waals surface area contributed by atoms with Gasteiger partial charge in [-0.25, -0.2) is 4.39 Å². The van der Waals surface area contributed by atoms with Crippen molar-refractivity contribution < 1.29 is 14.0 Å². The van der Waals surface area contributed by atoms with Crippen molar-refractivity contribution in [3.8, 4) is 5.75 Å². The fourth-order valence-electron chi connectivity index (χ4n) is 2.56. The summed E-state index contributed by atoms with van der Waals surface area (Å²) >= 11 is 5.35. The van der Waals surface area contributed by atoms with Crippen LogP contribution in [0.25, 0.3) is 0 Å². The SMILES string of the molecule is COc1cccc([C@H](CNC(=S)NCc2ccc(F)cc2)[NH+](C)C)c1. The Kier molecular flexibility index (Phi) is 7.16. The van der Waals surface area contributed by atoms with Crippen LogP contribution in [-0.2, 0) is 6.54 Å². The average Bonchev–Trinajstić information content (AvgIpc) is 2.61. The number of ether oxygens (including phenoxy) is 1. The van der Waals surface area contributed by atoms with Crippen molar-refractivity contribution in [2.24, 2.45) is 0 Å². The van der Waals surface area contributed by atoms with Gasteiger partial charge in [-0.2, -0.15) is 0 Å². The topological polar surface area (TPSA) is 37.7 Å². The van der Waals surface area contributed by atoms with Crippen molar-refractivity contribution in [3.63, 3.8) is 0 Å². The van der Waals surface area contributed by atoms with E-state index in [1.165, 1.54) is 22.6 Å². The van der Waals surface area contributed by atoms with Gasteiger partial charge in [-0.1, -0.05) is 24.3 Å². The molecule has 0 heterocycles. The van der Waals surface area contributed by atoms with Crippen LogP contribution in [0, 0.1) is 5.82 Å². The molecule has 3 N–H and O–H groups in total. The van der Waals surface area contributed by atoms with E-state index in [1.807, 2.05) is 18.2 Å². The molecule has 1 atom stereocenters. The van der Waals surface area contributed by atoms with E-state index in [4.69, 9.17) is 17.0 Å². The Morgan fingerprint density at radius 3 is 2.52 bits per heavy atom. The number of likely N-dealkylation sites (N-methyl/N-ethyl adjacent to an activating group) is 1. The summed E-state index contributed by atoms with van der Waals surface area (Å²) in [6, 6.07) is 14.7. The maximum Gasteiger partial charge on any atom is 0.166 e. The molecule has 0 aliphatic heterocycles. The highest BCUT2D eigenvalue weighted by Crippen LogP contribution is 2.16. The summed E-state index contributed by atoms with van der Waals surface area (Å²) < 4.78 is 18.2. The molecule has 0 amide bonds. The molecular weight excluding hydrogens is 337 g/mol. The standard InChI is InChI=1S/C19H24FN3OS/c1-23(2)18(15-5-4-6-17(11-15)24-3)13-22-19(25)21-12-14-7-9-16(20)10-8-14/h4-11,18H,12-13H2,1-3H3,(H2,21,22,25)/p+1/t18-/m0/s1. The number of hydrogen-bond acceptors (Lipinski definition) is 2. The minimum absolute atomic E-state index is 0.237. The lowest BCUT2D eigenvalue weighted by molar-refractivity contribution is -0.890. The fourth-order valence-corrected chi connectivity index (χ4v) is 2.71. The van der Waals surface area contributed by atoms with E-state index in [1.54, 1.807) is 19.2 Å². The van der Waals surface area contributed by atoms with E-state index in [-0.39, 0.29) is 11.9 Å². The van der Waals surface area contributed by atoms with E-state index >= 15 is 0 Å².